The number of benzene rings is 3. The predicted octanol–water partition coefficient (Wildman–Crippen LogP) is 7.23. The van der Waals surface area contributed by atoms with Gasteiger partial charge in [0.15, 0.2) is 0 Å². The molecule has 0 saturated heterocycles. The van der Waals surface area contributed by atoms with Crippen LogP contribution < -0.4 is 0 Å². The Hall–Kier alpha value is -2.34. The zero-order chi connectivity index (χ0) is 17.6. The molecule has 0 aliphatic heterocycles. The Kier molecular flexibility index (Phi) is 5.71. The highest BCUT2D eigenvalue weighted by Crippen LogP contribution is 2.38. The van der Waals surface area contributed by atoms with Crippen molar-refractivity contribution in [3.63, 3.8) is 0 Å². The van der Waals surface area contributed by atoms with Crippen LogP contribution in [0.15, 0.2) is 66.7 Å². The van der Waals surface area contributed by atoms with Gasteiger partial charge < -0.3 is 0 Å². The molecule has 0 amide bonds. The smallest absolute Gasteiger partial charge is 0.00706 e. The average molecular weight is 328 g/mol. The maximum Gasteiger partial charge on any atom is -0.00706 e. The molecule has 0 spiro atoms. The summed E-state index contributed by atoms with van der Waals surface area (Å²) in [6.45, 7) is 6.74. The first kappa shape index (κ1) is 17.5. The molecule has 0 heterocycles. The van der Waals surface area contributed by atoms with Gasteiger partial charge in [-0.1, -0.05) is 93.4 Å². The second-order valence-electron chi connectivity index (χ2n) is 6.81. The van der Waals surface area contributed by atoms with E-state index < -0.39 is 0 Å². The summed E-state index contributed by atoms with van der Waals surface area (Å²) in [6, 6.07) is 24.5. The van der Waals surface area contributed by atoms with E-state index in [1.54, 1.807) is 0 Å². The van der Waals surface area contributed by atoms with Crippen molar-refractivity contribution < 1.29 is 0 Å². The van der Waals surface area contributed by atoms with Gasteiger partial charge in [-0.3, -0.25) is 0 Å². The first-order valence-electron chi connectivity index (χ1n) is 9.52. The third-order valence-electron chi connectivity index (χ3n) is 4.91. The summed E-state index contributed by atoms with van der Waals surface area (Å²) >= 11 is 0. The van der Waals surface area contributed by atoms with E-state index in [9.17, 15) is 0 Å². The lowest BCUT2D eigenvalue weighted by molar-refractivity contribution is 0.920. The Morgan fingerprint density at radius 2 is 1.12 bits per heavy atom. The van der Waals surface area contributed by atoms with Gasteiger partial charge in [0.1, 0.15) is 0 Å². The van der Waals surface area contributed by atoms with E-state index in [1.807, 2.05) is 0 Å². The van der Waals surface area contributed by atoms with Crippen LogP contribution in [0.25, 0.3) is 22.3 Å². The van der Waals surface area contributed by atoms with Crippen molar-refractivity contribution in [3.8, 4) is 22.3 Å². The number of hydrogen-bond donors (Lipinski definition) is 0. The molecule has 3 aromatic carbocycles. The summed E-state index contributed by atoms with van der Waals surface area (Å²) < 4.78 is 0. The molecule has 0 unspecified atom stereocenters. The van der Waals surface area contributed by atoms with Crippen LogP contribution in [-0.2, 0) is 12.8 Å². The van der Waals surface area contributed by atoms with E-state index in [0.29, 0.717) is 0 Å². The summed E-state index contributed by atoms with van der Waals surface area (Å²) in [5.74, 6) is 0. The number of aryl methyl sites for hydroxylation is 3. The normalized spacial score (nSPS) is 10.8. The average Bonchev–Trinajstić information content (AvgIpc) is 2.63. The standard InChI is InChI=1S/C25H28/c1-4-11-20-14-7-9-17-23(20)24-18-10-15-21(12-5-2)25(24)22-16-8-6-13-19(22)3/h6-10,13-18H,4-5,11-12H2,1-3H3. The fraction of sp³-hybridized carbons (Fsp3) is 0.280. The molecule has 0 bridgehead atoms. The van der Waals surface area contributed by atoms with Crippen molar-refractivity contribution in [2.45, 2.75) is 46.5 Å². The van der Waals surface area contributed by atoms with Crippen molar-refractivity contribution in [3.05, 3.63) is 83.4 Å². The first-order valence-corrected chi connectivity index (χ1v) is 9.52. The molecule has 0 aromatic heterocycles. The van der Waals surface area contributed by atoms with Gasteiger partial charge in [-0.05, 0) is 58.7 Å². The lowest BCUT2D eigenvalue weighted by Crippen LogP contribution is -1.97. The van der Waals surface area contributed by atoms with Gasteiger partial charge in [-0.15, -0.1) is 0 Å². The van der Waals surface area contributed by atoms with E-state index in [4.69, 9.17) is 0 Å². The second kappa shape index (κ2) is 8.16. The van der Waals surface area contributed by atoms with E-state index in [-0.39, 0.29) is 0 Å². The van der Waals surface area contributed by atoms with Gasteiger partial charge in [0.05, 0.1) is 0 Å². The van der Waals surface area contributed by atoms with E-state index >= 15 is 0 Å². The molecular weight excluding hydrogens is 300 g/mol. The quantitative estimate of drug-likeness (QED) is 0.447. The van der Waals surface area contributed by atoms with Crippen LogP contribution in [0.1, 0.15) is 43.4 Å². The molecule has 3 rings (SSSR count). The van der Waals surface area contributed by atoms with Crippen LogP contribution in [0, 0.1) is 6.92 Å². The summed E-state index contributed by atoms with van der Waals surface area (Å²) in [6.07, 6.45) is 4.58. The van der Waals surface area contributed by atoms with Crippen molar-refractivity contribution in [1.82, 2.24) is 0 Å². The third kappa shape index (κ3) is 3.69. The molecule has 0 heteroatoms. The number of hydrogen-bond acceptors (Lipinski definition) is 0. The predicted molar refractivity (Wildman–Crippen MR) is 110 cm³/mol. The van der Waals surface area contributed by atoms with Crippen LogP contribution in [0.4, 0.5) is 0 Å². The Balaban J connectivity index is 2.28. The molecule has 0 radical (unpaired) electrons. The molecule has 3 aromatic rings. The highest BCUT2D eigenvalue weighted by molar-refractivity contribution is 5.88. The van der Waals surface area contributed by atoms with Gasteiger partial charge in [0, 0.05) is 0 Å². The first-order chi connectivity index (χ1) is 12.3. The van der Waals surface area contributed by atoms with Crippen molar-refractivity contribution >= 4 is 0 Å². The molecule has 0 atom stereocenters. The van der Waals surface area contributed by atoms with E-state index in [1.165, 1.54) is 51.8 Å². The van der Waals surface area contributed by atoms with Gasteiger partial charge in [-0.25, -0.2) is 0 Å². The molecule has 0 aliphatic carbocycles. The molecule has 128 valence electrons. The Labute approximate surface area is 152 Å². The monoisotopic (exact) mass is 328 g/mol. The third-order valence-corrected chi connectivity index (χ3v) is 4.91. The fourth-order valence-electron chi connectivity index (χ4n) is 3.74. The minimum atomic E-state index is 1.12. The van der Waals surface area contributed by atoms with Gasteiger partial charge in [-0.2, -0.15) is 0 Å². The summed E-state index contributed by atoms with van der Waals surface area (Å²) in [5, 5.41) is 0. The Bertz CT molecular complexity index is 842. The SMILES string of the molecule is CCCc1ccccc1-c1cccc(CCC)c1-c1ccccc1C. The van der Waals surface area contributed by atoms with Crippen molar-refractivity contribution in [2.75, 3.05) is 0 Å². The van der Waals surface area contributed by atoms with Crippen LogP contribution in [0.5, 0.6) is 0 Å². The number of rotatable bonds is 6. The Morgan fingerprint density at radius 3 is 1.84 bits per heavy atom. The van der Waals surface area contributed by atoms with Crippen molar-refractivity contribution in [1.29, 1.82) is 0 Å². The van der Waals surface area contributed by atoms with Crippen LogP contribution in [-0.4, -0.2) is 0 Å². The summed E-state index contributed by atoms with van der Waals surface area (Å²) in [4.78, 5) is 0. The maximum absolute atomic E-state index is 2.30. The highest BCUT2D eigenvalue weighted by atomic mass is 14.2. The maximum atomic E-state index is 2.30. The molecule has 0 aliphatic rings. The summed E-state index contributed by atoms with van der Waals surface area (Å²) in [5.41, 5.74) is 9.82. The lowest BCUT2D eigenvalue weighted by atomic mass is 9.85. The zero-order valence-electron chi connectivity index (χ0n) is 15.7. The fourth-order valence-corrected chi connectivity index (χ4v) is 3.74. The van der Waals surface area contributed by atoms with Crippen LogP contribution in [0.3, 0.4) is 0 Å². The molecule has 0 N–H and O–H groups in total. The Morgan fingerprint density at radius 1 is 0.560 bits per heavy atom. The van der Waals surface area contributed by atoms with Gasteiger partial charge >= 0.3 is 0 Å². The molecule has 0 fully saturated rings. The summed E-state index contributed by atoms with van der Waals surface area (Å²) in [7, 11) is 0. The molecule has 0 nitrogen and oxygen atoms in total. The van der Waals surface area contributed by atoms with Gasteiger partial charge in [0.25, 0.3) is 0 Å². The van der Waals surface area contributed by atoms with E-state index in [2.05, 4.69) is 87.5 Å². The molecule has 0 saturated carbocycles. The lowest BCUT2D eigenvalue weighted by Gasteiger charge is -2.19. The van der Waals surface area contributed by atoms with Crippen molar-refractivity contribution in [2.24, 2.45) is 0 Å². The highest BCUT2D eigenvalue weighted by Gasteiger charge is 2.15. The second-order valence-corrected chi connectivity index (χ2v) is 6.81. The largest absolute Gasteiger partial charge is 0.0651 e. The minimum absolute atomic E-state index is 1.12. The van der Waals surface area contributed by atoms with E-state index in [0.717, 1.165) is 12.8 Å². The van der Waals surface area contributed by atoms with Crippen LogP contribution in [0.2, 0.25) is 0 Å². The van der Waals surface area contributed by atoms with Crippen LogP contribution >= 0.6 is 0 Å². The van der Waals surface area contributed by atoms with Gasteiger partial charge in [0.2, 0.25) is 0 Å². The molecule has 25 heavy (non-hydrogen) atoms. The minimum Gasteiger partial charge on any atom is -0.0651 e. The zero-order valence-corrected chi connectivity index (χ0v) is 15.7. The topological polar surface area (TPSA) is 0 Å². The molecular formula is C25H28.